The van der Waals surface area contributed by atoms with Gasteiger partial charge in [0.15, 0.2) is 9.84 Å². The third-order valence-corrected chi connectivity index (χ3v) is 8.97. The number of carboxylic acids is 1. The molecule has 0 heterocycles. The number of alkyl halides is 3. The zero-order valence-electron chi connectivity index (χ0n) is 8.90. The number of aliphatic carboxylic acids is 1. The fourth-order valence-electron chi connectivity index (χ4n) is 2.14. The van der Waals surface area contributed by atoms with E-state index in [1.165, 1.54) is 0 Å². The molecule has 0 aromatic heterocycles. The summed E-state index contributed by atoms with van der Waals surface area (Å²) in [6, 6.07) is 0. The summed E-state index contributed by atoms with van der Waals surface area (Å²) < 4.78 is 23.0. The maximum atomic E-state index is 12.2. The summed E-state index contributed by atoms with van der Waals surface area (Å²) in [5, 5.41) is 8.24. The molecular weight excluding hydrogens is 444 g/mol. The van der Waals surface area contributed by atoms with E-state index in [0.717, 1.165) is 12.8 Å². The van der Waals surface area contributed by atoms with E-state index in [0.29, 0.717) is 12.8 Å². The van der Waals surface area contributed by atoms with E-state index >= 15 is 0 Å². The molecule has 1 fully saturated rings. The molecular formula is C9H13Br3O4S. The first-order valence-electron chi connectivity index (χ1n) is 5.16. The van der Waals surface area contributed by atoms with Crippen LogP contribution in [0.3, 0.4) is 0 Å². The van der Waals surface area contributed by atoms with Gasteiger partial charge in [-0.2, -0.15) is 0 Å². The van der Waals surface area contributed by atoms with Crippen LogP contribution in [0.15, 0.2) is 0 Å². The van der Waals surface area contributed by atoms with Crippen LogP contribution in [-0.4, -0.2) is 26.2 Å². The van der Waals surface area contributed by atoms with Crippen molar-refractivity contribution in [1.82, 2.24) is 0 Å². The Bertz CT molecular complexity index is 388. The molecule has 0 radical (unpaired) electrons. The number of carboxylic acid groups (broad SMARTS) is 1. The lowest BCUT2D eigenvalue weighted by Gasteiger charge is -2.30. The predicted molar refractivity (Wildman–Crippen MR) is 76.4 cm³/mol. The quantitative estimate of drug-likeness (QED) is 0.662. The van der Waals surface area contributed by atoms with E-state index in [1.807, 2.05) is 0 Å². The molecule has 1 N–H and O–H groups in total. The van der Waals surface area contributed by atoms with Crippen molar-refractivity contribution in [2.24, 2.45) is 5.92 Å². The van der Waals surface area contributed by atoms with Crippen molar-refractivity contribution in [3.05, 3.63) is 0 Å². The molecule has 0 aliphatic heterocycles. The summed E-state index contributed by atoms with van der Waals surface area (Å²) in [4.78, 5) is 10.6. The van der Waals surface area contributed by atoms with Crippen LogP contribution in [0.25, 0.3) is 0 Å². The molecule has 0 aromatic carbocycles. The molecule has 8 heteroatoms. The van der Waals surface area contributed by atoms with Crippen molar-refractivity contribution < 1.29 is 18.3 Å². The summed E-state index contributed by atoms with van der Waals surface area (Å²) in [6.45, 7) is 0. The van der Waals surface area contributed by atoms with Crippen LogP contribution in [0.5, 0.6) is 0 Å². The number of halogens is 3. The van der Waals surface area contributed by atoms with Crippen LogP contribution in [0.2, 0.25) is 0 Å². The molecule has 0 spiro atoms. The molecule has 17 heavy (non-hydrogen) atoms. The standard InChI is InChI=1S/C9H13Br3O4S/c10-9(11,12)17(15,16)7-3-1-2-6(4-7)5-8(13)14/h6-7H,1-5H2,(H,13,14). The van der Waals surface area contributed by atoms with Gasteiger partial charge in [-0.05, 0) is 73.0 Å². The van der Waals surface area contributed by atoms with Crippen molar-refractivity contribution in [3.8, 4) is 0 Å². The predicted octanol–water partition coefficient (Wildman–Crippen LogP) is 3.23. The second-order valence-electron chi connectivity index (χ2n) is 4.24. The lowest BCUT2D eigenvalue weighted by Crippen LogP contribution is -2.35. The Balaban J connectivity index is 2.77. The first-order chi connectivity index (χ1) is 7.64. The lowest BCUT2D eigenvalue weighted by atomic mass is 9.87. The fraction of sp³-hybridized carbons (Fsp3) is 0.889. The van der Waals surface area contributed by atoms with Gasteiger partial charge in [0.2, 0.25) is 1.47 Å². The monoisotopic (exact) mass is 454 g/mol. The van der Waals surface area contributed by atoms with Crippen molar-refractivity contribution in [2.75, 3.05) is 0 Å². The summed E-state index contributed by atoms with van der Waals surface area (Å²) in [6.07, 6.45) is 2.59. The highest BCUT2D eigenvalue weighted by Crippen LogP contribution is 2.45. The smallest absolute Gasteiger partial charge is 0.303 e. The van der Waals surface area contributed by atoms with Gasteiger partial charge in [0.25, 0.3) is 0 Å². The Labute approximate surface area is 126 Å². The van der Waals surface area contributed by atoms with E-state index < -0.39 is 22.5 Å². The van der Waals surface area contributed by atoms with Crippen LogP contribution in [-0.2, 0) is 14.6 Å². The highest BCUT2D eigenvalue weighted by molar-refractivity contribution is 9.42. The van der Waals surface area contributed by atoms with Crippen molar-refractivity contribution in [1.29, 1.82) is 0 Å². The third-order valence-electron chi connectivity index (χ3n) is 2.96. The van der Waals surface area contributed by atoms with Crippen LogP contribution in [0.1, 0.15) is 32.1 Å². The van der Waals surface area contributed by atoms with E-state index in [4.69, 9.17) is 5.11 Å². The molecule has 0 saturated heterocycles. The Hall–Kier alpha value is 0.860. The SMILES string of the molecule is O=C(O)CC1CCCC(S(=O)(=O)C(Br)(Br)Br)C1. The molecule has 2 unspecified atom stereocenters. The Morgan fingerprint density at radius 3 is 2.35 bits per heavy atom. The third kappa shape index (κ3) is 4.18. The average Bonchev–Trinajstić information content (AvgIpc) is 2.15. The fourth-order valence-corrected chi connectivity index (χ4v) is 5.90. The number of hydrogen-bond acceptors (Lipinski definition) is 3. The Morgan fingerprint density at radius 1 is 1.29 bits per heavy atom. The molecule has 1 aliphatic rings. The van der Waals surface area contributed by atoms with Crippen LogP contribution >= 0.6 is 47.8 Å². The summed E-state index contributed by atoms with van der Waals surface area (Å²) >= 11 is 9.11. The minimum absolute atomic E-state index is 0.0455. The van der Waals surface area contributed by atoms with Crippen LogP contribution in [0, 0.1) is 5.92 Å². The van der Waals surface area contributed by atoms with E-state index in [-0.39, 0.29) is 12.3 Å². The molecule has 0 aromatic rings. The Morgan fingerprint density at radius 2 is 1.88 bits per heavy atom. The molecule has 2 atom stereocenters. The molecule has 1 rings (SSSR count). The number of carbonyl (C=O) groups is 1. The van der Waals surface area contributed by atoms with Crippen molar-refractivity contribution in [2.45, 2.75) is 38.8 Å². The normalized spacial score (nSPS) is 26.8. The van der Waals surface area contributed by atoms with Gasteiger partial charge in [-0.25, -0.2) is 8.42 Å². The van der Waals surface area contributed by atoms with Gasteiger partial charge in [0, 0.05) is 6.42 Å². The van der Waals surface area contributed by atoms with Crippen molar-refractivity contribution >= 4 is 63.6 Å². The molecule has 100 valence electrons. The molecule has 0 bridgehead atoms. The minimum atomic E-state index is -3.41. The first kappa shape index (κ1) is 15.9. The van der Waals surface area contributed by atoms with E-state index in [2.05, 4.69) is 47.8 Å². The zero-order chi connectivity index (χ0) is 13.3. The van der Waals surface area contributed by atoms with Gasteiger partial charge in [-0.15, -0.1) is 0 Å². The number of hydrogen-bond donors (Lipinski definition) is 1. The molecule has 1 saturated carbocycles. The summed E-state index contributed by atoms with van der Waals surface area (Å²) in [7, 11) is -3.41. The maximum absolute atomic E-state index is 12.2. The van der Waals surface area contributed by atoms with Gasteiger partial charge in [-0.1, -0.05) is 6.42 Å². The highest BCUT2D eigenvalue weighted by atomic mass is 80.0. The van der Waals surface area contributed by atoms with Gasteiger partial charge >= 0.3 is 5.97 Å². The number of sulfone groups is 1. The minimum Gasteiger partial charge on any atom is -0.481 e. The highest BCUT2D eigenvalue weighted by Gasteiger charge is 2.44. The number of rotatable bonds is 3. The molecule has 4 nitrogen and oxygen atoms in total. The second-order valence-corrected chi connectivity index (χ2v) is 14.9. The van der Waals surface area contributed by atoms with Gasteiger partial charge in [0.05, 0.1) is 5.25 Å². The molecule has 0 amide bonds. The van der Waals surface area contributed by atoms with Gasteiger partial charge in [0.1, 0.15) is 0 Å². The Kier molecular flexibility index (Phi) is 5.50. The van der Waals surface area contributed by atoms with E-state index in [9.17, 15) is 13.2 Å². The largest absolute Gasteiger partial charge is 0.481 e. The average molecular weight is 457 g/mol. The molecule has 1 aliphatic carbocycles. The first-order valence-corrected chi connectivity index (χ1v) is 9.09. The summed E-state index contributed by atoms with van der Waals surface area (Å²) in [5.41, 5.74) is 0. The van der Waals surface area contributed by atoms with Gasteiger partial charge < -0.3 is 5.11 Å². The topological polar surface area (TPSA) is 71.4 Å². The lowest BCUT2D eigenvalue weighted by molar-refractivity contribution is -0.138. The summed E-state index contributed by atoms with van der Waals surface area (Å²) in [5.74, 6) is -0.910. The maximum Gasteiger partial charge on any atom is 0.303 e. The van der Waals surface area contributed by atoms with Crippen LogP contribution < -0.4 is 0 Å². The van der Waals surface area contributed by atoms with E-state index in [1.54, 1.807) is 0 Å². The zero-order valence-corrected chi connectivity index (χ0v) is 14.5. The second kappa shape index (κ2) is 5.88. The van der Waals surface area contributed by atoms with Gasteiger partial charge in [-0.3, -0.25) is 4.79 Å². The van der Waals surface area contributed by atoms with Crippen molar-refractivity contribution in [3.63, 3.8) is 0 Å². The van der Waals surface area contributed by atoms with Crippen LogP contribution in [0.4, 0.5) is 0 Å².